The molecule has 164 valence electrons. The summed E-state index contributed by atoms with van der Waals surface area (Å²) in [6, 6.07) is 11.8. The minimum absolute atomic E-state index is 0.330. The van der Waals surface area contributed by atoms with E-state index < -0.39 is 12.1 Å². The number of tetrazole rings is 1. The number of allylic oxidation sites excluding steroid dienone is 1. The number of rotatable bonds is 4. The summed E-state index contributed by atoms with van der Waals surface area (Å²) >= 11 is 1.51. The van der Waals surface area contributed by atoms with E-state index in [1.54, 1.807) is 12.3 Å². The molecule has 0 bridgehead atoms. The Hall–Kier alpha value is -4.19. The normalized spacial score (nSPS) is 13.7. The molecule has 3 aromatic rings. The fourth-order valence-corrected chi connectivity index (χ4v) is 3.26. The second-order valence-corrected chi connectivity index (χ2v) is 6.84. The van der Waals surface area contributed by atoms with Crippen LogP contribution in [0.3, 0.4) is 0 Å². The van der Waals surface area contributed by atoms with Crippen molar-refractivity contribution < 1.29 is 23.1 Å². The zero-order valence-electron chi connectivity index (χ0n) is 15.8. The monoisotopic (exact) mass is 463 g/mol. The van der Waals surface area contributed by atoms with Crippen molar-refractivity contribution in [3.63, 3.8) is 0 Å². The number of benzene rings is 1. The number of para-hydroxylation sites is 1. The number of thioether (sulfide) groups is 1. The molecule has 0 saturated carbocycles. The Balaban J connectivity index is 0.000000360. The van der Waals surface area contributed by atoms with Gasteiger partial charge in [0.15, 0.2) is 5.82 Å². The van der Waals surface area contributed by atoms with Crippen LogP contribution in [0.5, 0.6) is 0 Å². The lowest BCUT2D eigenvalue weighted by Crippen LogP contribution is -2.21. The molecule has 1 aromatic carbocycles. The van der Waals surface area contributed by atoms with Gasteiger partial charge in [0.05, 0.1) is 23.0 Å². The van der Waals surface area contributed by atoms with E-state index in [1.165, 1.54) is 11.8 Å². The van der Waals surface area contributed by atoms with Gasteiger partial charge < -0.3 is 15.7 Å². The Kier molecular flexibility index (Phi) is 6.85. The molecule has 0 unspecified atom stereocenters. The molecule has 4 rings (SSSR count). The average molecular weight is 463 g/mol. The third-order valence-electron chi connectivity index (χ3n) is 3.63. The van der Waals surface area contributed by atoms with Crippen molar-refractivity contribution in [3.05, 3.63) is 53.1 Å². The smallest absolute Gasteiger partial charge is 0.475 e. The maximum Gasteiger partial charge on any atom is 0.490 e. The summed E-state index contributed by atoms with van der Waals surface area (Å²) in [4.78, 5) is 18.5. The summed E-state index contributed by atoms with van der Waals surface area (Å²) in [5.74, 6) is -1.88. The summed E-state index contributed by atoms with van der Waals surface area (Å²) < 4.78 is 31.7. The Morgan fingerprint density at radius 2 is 2.03 bits per heavy atom. The highest BCUT2D eigenvalue weighted by Gasteiger charge is 2.38. The maximum absolute atomic E-state index is 10.6. The third-order valence-corrected chi connectivity index (χ3v) is 4.72. The molecule has 0 saturated heterocycles. The van der Waals surface area contributed by atoms with Crippen molar-refractivity contribution in [2.24, 2.45) is 0 Å². The Bertz CT molecular complexity index is 1150. The van der Waals surface area contributed by atoms with Crippen LogP contribution in [0.25, 0.3) is 5.57 Å². The predicted octanol–water partition coefficient (Wildman–Crippen LogP) is 2.65. The molecule has 0 radical (unpaired) electrons. The third kappa shape index (κ3) is 5.70. The minimum Gasteiger partial charge on any atom is -0.475 e. The van der Waals surface area contributed by atoms with Gasteiger partial charge in [0.25, 0.3) is 0 Å². The zero-order valence-corrected chi connectivity index (χ0v) is 16.6. The van der Waals surface area contributed by atoms with Crippen LogP contribution >= 0.6 is 11.8 Å². The van der Waals surface area contributed by atoms with Crippen molar-refractivity contribution >= 4 is 34.9 Å². The standard InChI is InChI=1S/C15H11N9S.C2HF3O2/c16-7-9(14-19-11-3-1-2-4-12(11)25-14)10-5-6-17-15(20-10)18-8-13-21-23-24-22-13;3-2(4,5)1(6)7/h1-6,19H,8H2,(H,17,18,20)(H,21,22,23,24);(H,6,7)/b14-9+;. The highest BCUT2D eigenvalue weighted by molar-refractivity contribution is 8.04. The molecule has 0 aliphatic carbocycles. The van der Waals surface area contributed by atoms with E-state index in [9.17, 15) is 18.4 Å². The van der Waals surface area contributed by atoms with Crippen LogP contribution < -0.4 is 10.6 Å². The fraction of sp³-hybridized carbons (Fsp3) is 0.118. The summed E-state index contributed by atoms with van der Waals surface area (Å²) in [7, 11) is 0. The molecule has 3 heterocycles. The molecule has 0 fully saturated rings. The van der Waals surface area contributed by atoms with E-state index in [2.05, 4.69) is 47.3 Å². The van der Waals surface area contributed by atoms with E-state index in [-0.39, 0.29) is 0 Å². The minimum atomic E-state index is -5.08. The van der Waals surface area contributed by atoms with Gasteiger partial charge >= 0.3 is 12.1 Å². The van der Waals surface area contributed by atoms with Crippen molar-refractivity contribution in [3.8, 4) is 6.07 Å². The lowest BCUT2D eigenvalue weighted by molar-refractivity contribution is -0.192. The quantitative estimate of drug-likeness (QED) is 0.420. The highest BCUT2D eigenvalue weighted by atomic mass is 32.2. The predicted molar refractivity (Wildman–Crippen MR) is 106 cm³/mol. The Labute approximate surface area is 181 Å². The largest absolute Gasteiger partial charge is 0.490 e. The molecule has 11 nitrogen and oxygen atoms in total. The van der Waals surface area contributed by atoms with Crippen molar-refractivity contribution in [1.82, 2.24) is 30.6 Å². The topological polar surface area (TPSA) is 165 Å². The summed E-state index contributed by atoms with van der Waals surface area (Å²) in [6.07, 6.45) is -3.48. The highest BCUT2D eigenvalue weighted by Crippen LogP contribution is 2.43. The first-order valence-electron chi connectivity index (χ1n) is 8.56. The number of hydrogen-bond donors (Lipinski definition) is 4. The van der Waals surface area contributed by atoms with Gasteiger partial charge in [0, 0.05) is 11.1 Å². The lowest BCUT2D eigenvalue weighted by Gasteiger charge is -2.06. The number of aromatic amines is 1. The molecule has 1 aliphatic rings. The van der Waals surface area contributed by atoms with Gasteiger partial charge in [-0.1, -0.05) is 29.1 Å². The number of nitriles is 1. The summed E-state index contributed by atoms with van der Waals surface area (Å²) in [5.41, 5.74) is 1.99. The number of anilines is 2. The first-order chi connectivity index (χ1) is 15.3. The van der Waals surface area contributed by atoms with Crippen molar-refractivity contribution in [2.75, 3.05) is 10.6 Å². The molecular weight excluding hydrogens is 451 g/mol. The van der Waals surface area contributed by atoms with E-state index >= 15 is 0 Å². The van der Waals surface area contributed by atoms with E-state index in [0.29, 0.717) is 29.6 Å². The molecule has 0 spiro atoms. The fourth-order valence-electron chi connectivity index (χ4n) is 2.25. The number of aliphatic carboxylic acids is 1. The van der Waals surface area contributed by atoms with Gasteiger partial charge in [-0.3, -0.25) is 0 Å². The van der Waals surface area contributed by atoms with E-state index in [1.807, 2.05) is 24.3 Å². The lowest BCUT2D eigenvalue weighted by atomic mass is 10.2. The number of carbonyl (C=O) groups is 1. The van der Waals surface area contributed by atoms with Crippen LogP contribution in [0.1, 0.15) is 11.5 Å². The second kappa shape index (κ2) is 9.75. The number of aromatic nitrogens is 6. The molecular formula is C17H12F3N9O2S. The second-order valence-electron chi connectivity index (χ2n) is 5.79. The number of carboxylic acids is 1. The van der Waals surface area contributed by atoms with Gasteiger partial charge in [-0.05, 0) is 18.2 Å². The van der Waals surface area contributed by atoms with Gasteiger partial charge in [0.1, 0.15) is 11.6 Å². The van der Waals surface area contributed by atoms with Crippen LogP contribution in [0.4, 0.5) is 24.8 Å². The van der Waals surface area contributed by atoms with Crippen LogP contribution in [0, 0.1) is 11.3 Å². The first-order valence-corrected chi connectivity index (χ1v) is 9.37. The van der Waals surface area contributed by atoms with E-state index in [0.717, 1.165) is 15.6 Å². The Morgan fingerprint density at radius 1 is 1.28 bits per heavy atom. The number of carboxylic acid groups (broad SMARTS) is 1. The van der Waals surface area contributed by atoms with Gasteiger partial charge in [0.2, 0.25) is 5.95 Å². The van der Waals surface area contributed by atoms with Crippen molar-refractivity contribution in [1.29, 1.82) is 5.26 Å². The van der Waals surface area contributed by atoms with Gasteiger partial charge in [-0.2, -0.15) is 23.6 Å². The van der Waals surface area contributed by atoms with Crippen molar-refractivity contribution in [2.45, 2.75) is 17.6 Å². The molecule has 1 aliphatic heterocycles. The molecule has 4 N–H and O–H groups in total. The summed E-state index contributed by atoms with van der Waals surface area (Å²) in [5, 5.41) is 37.3. The molecule has 32 heavy (non-hydrogen) atoms. The number of nitrogens with zero attached hydrogens (tertiary/aromatic N) is 6. The summed E-state index contributed by atoms with van der Waals surface area (Å²) in [6.45, 7) is 0.330. The number of fused-ring (bicyclic) bond motifs is 1. The van der Waals surface area contributed by atoms with Crippen LogP contribution in [-0.2, 0) is 11.3 Å². The number of halogens is 3. The SMILES string of the molecule is N#C/C(=C1/Nc2ccccc2S1)c1ccnc(NCc2nn[nH]n2)n1.O=C(O)C(F)(F)F. The number of H-pyrrole nitrogens is 1. The Morgan fingerprint density at radius 3 is 2.66 bits per heavy atom. The molecule has 2 aromatic heterocycles. The van der Waals surface area contributed by atoms with Gasteiger partial charge in [-0.15, -0.1) is 10.2 Å². The maximum atomic E-state index is 10.6. The average Bonchev–Trinajstić information content (AvgIpc) is 3.42. The van der Waals surface area contributed by atoms with Crippen LogP contribution in [-0.4, -0.2) is 47.8 Å². The molecule has 15 heteroatoms. The molecule has 0 amide bonds. The van der Waals surface area contributed by atoms with Crippen LogP contribution in [0.2, 0.25) is 0 Å². The van der Waals surface area contributed by atoms with Gasteiger partial charge in [-0.25, -0.2) is 14.8 Å². The number of alkyl halides is 3. The molecule has 0 atom stereocenters. The van der Waals surface area contributed by atoms with E-state index in [4.69, 9.17) is 9.90 Å². The zero-order chi connectivity index (χ0) is 23.1. The number of nitrogens with one attached hydrogen (secondary N) is 3. The first kappa shape index (κ1) is 22.5. The number of hydrogen-bond acceptors (Lipinski definition) is 10. The van der Waals surface area contributed by atoms with Crippen LogP contribution in [0.15, 0.2) is 46.5 Å².